The number of nitrogens with zero attached hydrogens (tertiary/aromatic N) is 3. The molecule has 2 aromatic heterocycles. The van der Waals surface area contributed by atoms with E-state index in [0.29, 0.717) is 28.5 Å². The molecule has 3 aromatic rings. The Kier molecular flexibility index (Phi) is 7.05. The molecule has 3 heterocycles. The van der Waals surface area contributed by atoms with Crippen LogP contribution in [0, 0.1) is 12.8 Å². The van der Waals surface area contributed by atoms with Gasteiger partial charge in [-0.25, -0.2) is 18.4 Å². The maximum absolute atomic E-state index is 13.4. The molecule has 1 N–H and O–H groups in total. The van der Waals surface area contributed by atoms with Crippen molar-refractivity contribution in [1.29, 1.82) is 0 Å². The SMILES string of the molecule is Cc1ccc2c(Nc3ccc(S(C)(=O)=O)cc3)c(C(=O)N3CCC(C)CC3)cnc2n1.Cl. The highest BCUT2D eigenvalue weighted by Gasteiger charge is 2.25. The monoisotopic (exact) mass is 474 g/mol. The number of carbonyl (C=O) groups is 1. The van der Waals surface area contributed by atoms with E-state index in [1.807, 2.05) is 24.0 Å². The van der Waals surface area contributed by atoms with Crippen LogP contribution in [0.3, 0.4) is 0 Å². The molecule has 0 spiro atoms. The van der Waals surface area contributed by atoms with Crippen molar-refractivity contribution < 1.29 is 13.2 Å². The maximum atomic E-state index is 13.4. The van der Waals surface area contributed by atoms with E-state index in [0.717, 1.165) is 37.0 Å². The lowest BCUT2D eigenvalue weighted by Gasteiger charge is -2.31. The van der Waals surface area contributed by atoms with Gasteiger partial charge in [0.1, 0.15) is 0 Å². The molecule has 1 aliphatic heterocycles. The number of anilines is 2. The Hall–Kier alpha value is -2.71. The largest absolute Gasteiger partial charge is 0.354 e. The lowest BCUT2D eigenvalue weighted by molar-refractivity contribution is 0.0698. The number of amides is 1. The standard InChI is InChI=1S/C23H26N4O3S.ClH/c1-15-10-12-27(13-11-15)23(28)20-14-24-22-19(9-4-16(2)25-22)21(20)26-17-5-7-18(8-6-17)31(3,29)30;/h4-9,14-15H,10-13H2,1-3H3,(H,24,25,26);1H. The van der Waals surface area contributed by atoms with Crippen LogP contribution in [-0.2, 0) is 9.84 Å². The zero-order chi connectivity index (χ0) is 22.2. The second kappa shape index (κ2) is 9.42. The van der Waals surface area contributed by atoms with Crippen LogP contribution in [-0.4, -0.2) is 48.5 Å². The van der Waals surface area contributed by atoms with E-state index in [1.54, 1.807) is 30.5 Å². The van der Waals surface area contributed by atoms with Gasteiger partial charge in [-0.3, -0.25) is 4.79 Å². The van der Waals surface area contributed by atoms with Crippen LogP contribution < -0.4 is 5.32 Å². The Bertz CT molecular complexity index is 1240. The summed E-state index contributed by atoms with van der Waals surface area (Å²) in [4.78, 5) is 24.4. The maximum Gasteiger partial charge on any atom is 0.257 e. The molecule has 7 nitrogen and oxygen atoms in total. The van der Waals surface area contributed by atoms with Crippen molar-refractivity contribution in [2.24, 2.45) is 5.92 Å². The fourth-order valence-electron chi connectivity index (χ4n) is 3.78. The summed E-state index contributed by atoms with van der Waals surface area (Å²) in [7, 11) is -3.28. The third kappa shape index (κ3) is 5.02. The van der Waals surface area contributed by atoms with Gasteiger partial charge in [-0.15, -0.1) is 12.4 Å². The normalized spacial score (nSPS) is 14.8. The van der Waals surface area contributed by atoms with Crippen molar-refractivity contribution in [3.05, 3.63) is 53.9 Å². The number of carbonyl (C=O) groups excluding carboxylic acids is 1. The first-order chi connectivity index (χ1) is 14.7. The second-order valence-corrected chi connectivity index (χ2v) is 10.3. The lowest BCUT2D eigenvalue weighted by atomic mass is 9.98. The Morgan fingerprint density at radius 2 is 1.75 bits per heavy atom. The number of aryl methyl sites for hydroxylation is 1. The lowest BCUT2D eigenvalue weighted by Crippen LogP contribution is -2.38. The topological polar surface area (TPSA) is 92.3 Å². The molecule has 1 aliphatic rings. The number of pyridine rings is 2. The van der Waals surface area contributed by atoms with Crippen molar-refractivity contribution >= 4 is 50.6 Å². The number of likely N-dealkylation sites (tertiary alicyclic amines) is 1. The Morgan fingerprint density at radius 3 is 2.38 bits per heavy atom. The summed E-state index contributed by atoms with van der Waals surface area (Å²) < 4.78 is 23.5. The number of halogens is 1. The van der Waals surface area contributed by atoms with E-state index in [1.165, 1.54) is 6.26 Å². The molecule has 1 aromatic carbocycles. The third-order valence-corrected chi connectivity index (χ3v) is 6.85. The van der Waals surface area contributed by atoms with Gasteiger partial charge in [0.25, 0.3) is 5.91 Å². The molecule has 9 heteroatoms. The summed E-state index contributed by atoms with van der Waals surface area (Å²) in [6, 6.07) is 10.3. The van der Waals surface area contributed by atoms with Gasteiger partial charge in [0.2, 0.25) is 0 Å². The highest BCUT2D eigenvalue weighted by atomic mass is 35.5. The number of hydrogen-bond donors (Lipinski definition) is 1. The molecule has 1 saturated heterocycles. The minimum atomic E-state index is -3.28. The van der Waals surface area contributed by atoms with Gasteiger partial charge in [-0.2, -0.15) is 0 Å². The first kappa shape index (κ1) is 23.9. The molecule has 0 radical (unpaired) electrons. The van der Waals surface area contributed by atoms with E-state index in [2.05, 4.69) is 22.2 Å². The van der Waals surface area contributed by atoms with Gasteiger partial charge in [0.05, 0.1) is 16.1 Å². The summed E-state index contributed by atoms with van der Waals surface area (Å²) in [5.41, 5.74) is 3.20. The first-order valence-electron chi connectivity index (χ1n) is 10.3. The Labute approximate surface area is 194 Å². The zero-order valence-electron chi connectivity index (χ0n) is 18.3. The summed E-state index contributed by atoms with van der Waals surface area (Å²) >= 11 is 0. The number of benzene rings is 1. The van der Waals surface area contributed by atoms with Crippen LogP contribution in [0.4, 0.5) is 11.4 Å². The van der Waals surface area contributed by atoms with Gasteiger partial charge in [0.15, 0.2) is 15.5 Å². The predicted octanol–water partition coefficient (Wildman–Crippen LogP) is 4.38. The fourth-order valence-corrected chi connectivity index (χ4v) is 4.41. The van der Waals surface area contributed by atoms with Gasteiger partial charge < -0.3 is 10.2 Å². The first-order valence-corrected chi connectivity index (χ1v) is 12.2. The van der Waals surface area contributed by atoms with Crippen molar-refractivity contribution in [1.82, 2.24) is 14.9 Å². The Morgan fingerprint density at radius 1 is 1.09 bits per heavy atom. The minimum absolute atomic E-state index is 0. The molecule has 32 heavy (non-hydrogen) atoms. The van der Waals surface area contributed by atoms with Crippen LogP contribution in [0.25, 0.3) is 11.0 Å². The Balaban J connectivity index is 0.00000289. The molecule has 170 valence electrons. The summed E-state index contributed by atoms with van der Waals surface area (Å²) in [6.07, 6.45) is 4.74. The summed E-state index contributed by atoms with van der Waals surface area (Å²) in [5, 5.41) is 4.06. The van der Waals surface area contributed by atoms with E-state index in [-0.39, 0.29) is 23.2 Å². The molecular weight excluding hydrogens is 448 g/mol. The van der Waals surface area contributed by atoms with Gasteiger partial charge in [0, 0.05) is 42.3 Å². The average Bonchev–Trinajstić information content (AvgIpc) is 2.73. The van der Waals surface area contributed by atoms with Gasteiger partial charge >= 0.3 is 0 Å². The van der Waals surface area contributed by atoms with Crippen LogP contribution in [0.1, 0.15) is 35.8 Å². The van der Waals surface area contributed by atoms with E-state index >= 15 is 0 Å². The number of rotatable bonds is 4. The highest BCUT2D eigenvalue weighted by Crippen LogP contribution is 2.31. The zero-order valence-corrected chi connectivity index (χ0v) is 20.0. The van der Waals surface area contributed by atoms with Gasteiger partial charge in [-0.1, -0.05) is 6.92 Å². The molecule has 0 bridgehead atoms. The van der Waals surface area contributed by atoms with E-state index < -0.39 is 9.84 Å². The number of aromatic nitrogens is 2. The molecule has 1 fully saturated rings. The second-order valence-electron chi connectivity index (χ2n) is 8.27. The van der Waals surface area contributed by atoms with Crippen molar-refractivity contribution in [2.75, 3.05) is 24.7 Å². The van der Waals surface area contributed by atoms with Crippen LogP contribution in [0.15, 0.2) is 47.5 Å². The molecule has 0 unspecified atom stereocenters. The number of piperidine rings is 1. The van der Waals surface area contributed by atoms with Crippen LogP contribution in [0.2, 0.25) is 0 Å². The van der Waals surface area contributed by atoms with Crippen molar-refractivity contribution in [2.45, 2.75) is 31.6 Å². The molecule has 1 amide bonds. The van der Waals surface area contributed by atoms with Crippen molar-refractivity contribution in [3.8, 4) is 0 Å². The number of sulfone groups is 1. The summed E-state index contributed by atoms with van der Waals surface area (Å²) in [6.45, 7) is 5.56. The van der Waals surface area contributed by atoms with E-state index in [9.17, 15) is 13.2 Å². The molecule has 4 rings (SSSR count). The predicted molar refractivity (Wildman–Crippen MR) is 129 cm³/mol. The molecular formula is C23H27ClN4O3S. The number of nitrogens with one attached hydrogen (secondary N) is 1. The molecule has 0 saturated carbocycles. The highest BCUT2D eigenvalue weighted by molar-refractivity contribution is 7.90. The third-order valence-electron chi connectivity index (χ3n) is 5.72. The quantitative estimate of drug-likeness (QED) is 0.603. The number of fused-ring (bicyclic) bond motifs is 1. The van der Waals surface area contributed by atoms with Crippen LogP contribution >= 0.6 is 12.4 Å². The fraction of sp³-hybridized carbons (Fsp3) is 0.348. The van der Waals surface area contributed by atoms with Crippen LogP contribution in [0.5, 0.6) is 0 Å². The van der Waals surface area contributed by atoms with Crippen molar-refractivity contribution in [3.63, 3.8) is 0 Å². The van der Waals surface area contributed by atoms with Gasteiger partial charge in [-0.05, 0) is 62.1 Å². The summed E-state index contributed by atoms with van der Waals surface area (Å²) in [5.74, 6) is 0.564. The van der Waals surface area contributed by atoms with E-state index in [4.69, 9.17) is 0 Å². The number of hydrogen-bond acceptors (Lipinski definition) is 6. The average molecular weight is 475 g/mol. The smallest absolute Gasteiger partial charge is 0.257 e. The molecule has 0 aliphatic carbocycles. The molecule has 0 atom stereocenters. The minimum Gasteiger partial charge on any atom is -0.354 e.